The third-order valence-electron chi connectivity index (χ3n) is 10.6. The molecule has 2 aliphatic heterocycles. The molecule has 6 nitrogen and oxygen atoms in total. The minimum Gasteiger partial charge on any atom is -0.507 e. The Morgan fingerprint density at radius 2 is 1.42 bits per heavy atom. The van der Waals surface area contributed by atoms with Crippen LogP contribution >= 0.6 is 0 Å². The second-order valence-electron chi connectivity index (χ2n) is 14.9. The number of benzene rings is 5. The van der Waals surface area contributed by atoms with Crippen molar-refractivity contribution >= 4 is 58.1 Å². The maximum atomic E-state index is 13.8. The summed E-state index contributed by atoms with van der Waals surface area (Å²) in [6.45, 7) is 6.80. The van der Waals surface area contributed by atoms with Crippen LogP contribution in [0.4, 0.5) is 0 Å². The summed E-state index contributed by atoms with van der Waals surface area (Å²) in [6, 6.07) is 42.2. The maximum Gasteiger partial charge on any atom is 0.456 e. The highest BCUT2D eigenvalue weighted by molar-refractivity contribution is 7.92. The predicted octanol–water partition coefficient (Wildman–Crippen LogP) is 7.42. The Kier molecular flexibility index (Phi) is 10.2. The lowest BCUT2D eigenvalue weighted by Gasteiger charge is -2.43. The molecule has 0 amide bonds. The van der Waals surface area contributed by atoms with E-state index in [4.69, 9.17) is 9.08 Å². The van der Waals surface area contributed by atoms with Crippen LogP contribution in [0.25, 0.3) is 22.4 Å². The van der Waals surface area contributed by atoms with E-state index in [1.165, 1.54) is 0 Å². The van der Waals surface area contributed by atoms with E-state index in [0.717, 1.165) is 49.0 Å². The molecule has 2 atom stereocenters. The Morgan fingerprint density at radius 1 is 0.846 bits per heavy atom. The maximum absolute atomic E-state index is 13.8. The molecule has 0 spiro atoms. The molecule has 0 unspecified atom stereocenters. The monoisotopic (exact) mass is 728 g/mol. The van der Waals surface area contributed by atoms with Crippen molar-refractivity contribution in [2.24, 2.45) is 0 Å². The van der Waals surface area contributed by atoms with Crippen molar-refractivity contribution in [3.63, 3.8) is 0 Å². The lowest BCUT2D eigenvalue weighted by atomic mass is 9.74. The van der Waals surface area contributed by atoms with Crippen LogP contribution in [-0.2, 0) is 18.9 Å². The minimum atomic E-state index is -3.58. The van der Waals surface area contributed by atoms with Crippen LogP contribution in [-0.4, -0.2) is 57.7 Å². The molecule has 0 aromatic heterocycles. The molecular weight excluding hydrogens is 683 g/mol. The molecule has 0 bridgehead atoms. The highest BCUT2D eigenvalue weighted by atomic mass is 32.2. The van der Waals surface area contributed by atoms with Gasteiger partial charge in [-0.05, 0) is 67.6 Å². The van der Waals surface area contributed by atoms with Gasteiger partial charge in [-0.1, -0.05) is 148 Å². The van der Waals surface area contributed by atoms with Gasteiger partial charge in [-0.2, -0.15) is 0 Å². The molecule has 1 saturated heterocycles. The lowest BCUT2D eigenvalue weighted by molar-refractivity contribution is 0.170. The first-order valence-electron chi connectivity index (χ1n) is 18.0. The van der Waals surface area contributed by atoms with Crippen molar-refractivity contribution in [3.05, 3.63) is 150 Å². The number of fused-ring (bicyclic) bond motifs is 2. The van der Waals surface area contributed by atoms with Crippen LogP contribution in [0.5, 0.6) is 5.75 Å². The number of aromatic hydroxyl groups is 1. The SMILES string of the molecule is CC(C)(C)[Si](OCC1=C2[C@@H](CC/C(=C/c3ccc(O)c4ccccc34)c3ccccc3)OB(O)C[C@@H]2S(=O)(=O)C1)(c1ccccc1)c1ccccc1. The van der Waals surface area contributed by atoms with Gasteiger partial charge in [0.25, 0.3) is 8.32 Å². The molecular formula is C43H45BO6SSi. The fourth-order valence-corrected chi connectivity index (χ4v) is 14.9. The lowest BCUT2D eigenvalue weighted by Crippen LogP contribution is -2.66. The number of phenolic OH excluding ortho intramolecular Hbond substituents is 1. The van der Waals surface area contributed by atoms with E-state index < -0.39 is 36.6 Å². The third-order valence-corrected chi connectivity index (χ3v) is 17.7. The summed E-state index contributed by atoms with van der Waals surface area (Å²) in [5.74, 6) is 0.116. The fraction of sp³-hybridized carbons (Fsp3) is 0.256. The molecule has 52 heavy (non-hydrogen) atoms. The summed E-state index contributed by atoms with van der Waals surface area (Å²) in [5.41, 5.74) is 4.53. The molecule has 1 fully saturated rings. The summed E-state index contributed by atoms with van der Waals surface area (Å²) in [5, 5.41) is 24.3. The zero-order chi connectivity index (χ0) is 36.5. The molecule has 9 heteroatoms. The zero-order valence-electron chi connectivity index (χ0n) is 29.9. The standard InChI is InChI=1S/C43H45BO6SSi/c1-43(2,3)52(35-17-9-5-10-18-35,36-19-11-6-12-20-36)49-29-34-30-51(47,48)41-28-44(46)50-40(42(34)41)26-24-32(31-15-7-4-8-16-31)27-33-23-25-39(45)38-22-14-13-21-37(33)38/h4-23,25,27,40-41,45-46H,24,26,28-30H2,1-3H3/b32-27-/t40-,41+/m1/s1. The highest BCUT2D eigenvalue weighted by Crippen LogP contribution is 2.43. The van der Waals surface area contributed by atoms with Crippen molar-refractivity contribution in [2.75, 3.05) is 12.4 Å². The van der Waals surface area contributed by atoms with E-state index >= 15 is 0 Å². The van der Waals surface area contributed by atoms with Crippen LogP contribution in [0.3, 0.4) is 0 Å². The normalized spacial score (nSPS) is 19.2. The summed E-state index contributed by atoms with van der Waals surface area (Å²) in [7, 11) is -7.72. The highest BCUT2D eigenvalue weighted by Gasteiger charge is 2.52. The number of sulfone groups is 1. The summed E-state index contributed by atoms with van der Waals surface area (Å²) < 4.78 is 41.2. The molecule has 0 saturated carbocycles. The first-order chi connectivity index (χ1) is 25.0. The molecule has 5 aromatic carbocycles. The number of phenols is 1. The van der Waals surface area contributed by atoms with Gasteiger partial charge >= 0.3 is 7.12 Å². The summed E-state index contributed by atoms with van der Waals surface area (Å²) in [6.07, 6.45) is 2.58. The van der Waals surface area contributed by atoms with Gasteiger partial charge < -0.3 is 19.2 Å². The van der Waals surface area contributed by atoms with E-state index in [9.17, 15) is 18.5 Å². The fourth-order valence-electron chi connectivity index (χ4n) is 8.22. The van der Waals surface area contributed by atoms with Crippen molar-refractivity contribution in [3.8, 4) is 5.75 Å². The molecule has 0 radical (unpaired) electrons. The number of allylic oxidation sites excluding steroid dienone is 1. The first-order valence-corrected chi connectivity index (χ1v) is 21.6. The average Bonchev–Trinajstić information content (AvgIpc) is 3.40. The first kappa shape index (κ1) is 36.1. The van der Waals surface area contributed by atoms with Crippen molar-refractivity contribution < 1.29 is 27.6 Å². The van der Waals surface area contributed by atoms with E-state index in [1.54, 1.807) is 6.07 Å². The Bertz CT molecular complexity index is 2180. The molecule has 266 valence electrons. The molecule has 2 aliphatic rings. The summed E-state index contributed by atoms with van der Waals surface area (Å²) in [4.78, 5) is 0. The Hall–Kier alpha value is -4.25. The third kappa shape index (κ3) is 6.96. The van der Waals surface area contributed by atoms with Crippen molar-refractivity contribution in [2.45, 2.75) is 56.3 Å². The topological polar surface area (TPSA) is 93.1 Å². The quantitative estimate of drug-likeness (QED) is 0.0884. The van der Waals surface area contributed by atoms with Gasteiger partial charge in [0.2, 0.25) is 0 Å². The van der Waals surface area contributed by atoms with Gasteiger partial charge in [-0.25, -0.2) is 8.42 Å². The predicted molar refractivity (Wildman–Crippen MR) is 215 cm³/mol. The Labute approximate surface area is 308 Å². The molecule has 2 N–H and O–H groups in total. The number of hydrogen-bond acceptors (Lipinski definition) is 6. The van der Waals surface area contributed by atoms with Crippen LogP contribution in [0, 0.1) is 0 Å². The van der Waals surface area contributed by atoms with Crippen LogP contribution < -0.4 is 10.4 Å². The van der Waals surface area contributed by atoms with Gasteiger partial charge in [0, 0.05) is 11.7 Å². The zero-order valence-corrected chi connectivity index (χ0v) is 31.7. The van der Waals surface area contributed by atoms with Crippen molar-refractivity contribution in [1.82, 2.24) is 0 Å². The minimum absolute atomic E-state index is 0.0117. The van der Waals surface area contributed by atoms with Crippen LogP contribution in [0.15, 0.2) is 139 Å². The second-order valence-corrected chi connectivity index (χ2v) is 21.4. The average molecular weight is 729 g/mol. The van der Waals surface area contributed by atoms with E-state index in [1.807, 2.05) is 84.9 Å². The van der Waals surface area contributed by atoms with Gasteiger partial charge in [-0.15, -0.1) is 0 Å². The van der Waals surface area contributed by atoms with Gasteiger partial charge in [0.05, 0.1) is 23.7 Å². The second kappa shape index (κ2) is 14.6. The van der Waals surface area contributed by atoms with E-state index in [2.05, 4.69) is 63.2 Å². The van der Waals surface area contributed by atoms with Gasteiger partial charge in [0.15, 0.2) is 9.84 Å². The Morgan fingerprint density at radius 3 is 2.04 bits per heavy atom. The molecule has 2 heterocycles. The smallest absolute Gasteiger partial charge is 0.456 e. The Balaban J connectivity index is 1.27. The van der Waals surface area contributed by atoms with Crippen molar-refractivity contribution in [1.29, 1.82) is 0 Å². The molecule has 7 rings (SSSR count). The van der Waals surface area contributed by atoms with E-state index in [0.29, 0.717) is 12.8 Å². The van der Waals surface area contributed by atoms with Crippen LogP contribution in [0.1, 0.15) is 44.7 Å². The largest absolute Gasteiger partial charge is 0.507 e. The number of rotatable bonds is 10. The van der Waals surface area contributed by atoms with Crippen LogP contribution in [0.2, 0.25) is 11.4 Å². The summed E-state index contributed by atoms with van der Waals surface area (Å²) >= 11 is 0. The number of hydrogen-bond donors (Lipinski definition) is 2. The molecule has 0 aliphatic carbocycles. The van der Waals surface area contributed by atoms with Gasteiger partial charge in [-0.3, -0.25) is 0 Å². The van der Waals surface area contributed by atoms with Gasteiger partial charge in [0.1, 0.15) is 5.75 Å². The van der Waals surface area contributed by atoms with E-state index in [-0.39, 0.29) is 29.5 Å². The molecule has 5 aromatic rings.